The SMILES string of the molecule is CC(=O)OC1CC=CC2=CC[C@@H]3C(=CC[C@]4(C)[C@@H](C(C)=O)CC[C@@H]34)[C@]21C. The summed E-state index contributed by atoms with van der Waals surface area (Å²) in [5.41, 5.74) is 2.61. The van der Waals surface area contributed by atoms with Gasteiger partial charge in [-0.15, -0.1) is 0 Å². The molecule has 0 aliphatic heterocycles. The van der Waals surface area contributed by atoms with E-state index >= 15 is 0 Å². The number of hydrogen-bond acceptors (Lipinski definition) is 3. The van der Waals surface area contributed by atoms with Crippen molar-refractivity contribution in [1.82, 2.24) is 0 Å². The largest absolute Gasteiger partial charge is 0.461 e. The number of hydrogen-bond donors (Lipinski definition) is 0. The third-order valence-corrected chi connectivity index (χ3v) is 7.94. The molecule has 140 valence electrons. The number of rotatable bonds is 2. The lowest BCUT2D eigenvalue weighted by Crippen LogP contribution is -2.49. The minimum absolute atomic E-state index is 0.0864. The van der Waals surface area contributed by atoms with Gasteiger partial charge in [-0.3, -0.25) is 9.59 Å². The Morgan fingerprint density at radius 3 is 2.58 bits per heavy atom. The highest BCUT2D eigenvalue weighted by atomic mass is 16.5. The van der Waals surface area contributed by atoms with Crippen molar-refractivity contribution in [2.75, 3.05) is 0 Å². The van der Waals surface area contributed by atoms with Crippen LogP contribution in [0.4, 0.5) is 0 Å². The van der Waals surface area contributed by atoms with Crippen LogP contribution in [0.3, 0.4) is 0 Å². The summed E-state index contributed by atoms with van der Waals surface area (Å²) in [6.45, 7) is 7.86. The van der Waals surface area contributed by atoms with E-state index < -0.39 is 0 Å². The normalized spacial score (nSPS) is 43.5. The maximum atomic E-state index is 12.2. The van der Waals surface area contributed by atoms with E-state index in [1.54, 1.807) is 6.92 Å². The van der Waals surface area contributed by atoms with Crippen LogP contribution in [-0.2, 0) is 14.3 Å². The molecule has 3 heteroatoms. The molecule has 0 saturated heterocycles. The van der Waals surface area contributed by atoms with Gasteiger partial charge in [-0.25, -0.2) is 0 Å². The molecule has 0 heterocycles. The summed E-state index contributed by atoms with van der Waals surface area (Å²) in [7, 11) is 0. The molecule has 3 nitrogen and oxygen atoms in total. The molecule has 0 aromatic carbocycles. The van der Waals surface area contributed by atoms with Crippen molar-refractivity contribution in [1.29, 1.82) is 0 Å². The Bertz CT molecular complexity index is 743. The Morgan fingerprint density at radius 1 is 1.12 bits per heavy atom. The zero-order valence-electron chi connectivity index (χ0n) is 16.4. The number of carbonyl (C=O) groups excluding carboxylic acids is 2. The Morgan fingerprint density at radius 2 is 1.88 bits per heavy atom. The van der Waals surface area contributed by atoms with Crippen molar-refractivity contribution < 1.29 is 14.3 Å². The van der Waals surface area contributed by atoms with E-state index in [0.717, 1.165) is 32.1 Å². The van der Waals surface area contributed by atoms with E-state index in [-0.39, 0.29) is 28.8 Å². The van der Waals surface area contributed by atoms with Gasteiger partial charge in [0, 0.05) is 19.3 Å². The lowest BCUT2D eigenvalue weighted by Gasteiger charge is -2.53. The number of fused-ring (bicyclic) bond motifs is 5. The van der Waals surface area contributed by atoms with Crippen molar-refractivity contribution >= 4 is 11.8 Å². The monoisotopic (exact) mass is 354 g/mol. The van der Waals surface area contributed by atoms with E-state index in [2.05, 4.69) is 38.2 Å². The second-order valence-corrected chi connectivity index (χ2v) is 9.16. The van der Waals surface area contributed by atoms with Crippen LogP contribution in [0.2, 0.25) is 0 Å². The van der Waals surface area contributed by atoms with Gasteiger partial charge in [0.25, 0.3) is 0 Å². The first kappa shape index (κ1) is 17.8. The van der Waals surface area contributed by atoms with Gasteiger partial charge >= 0.3 is 5.97 Å². The van der Waals surface area contributed by atoms with Crippen LogP contribution in [0.5, 0.6) is 0 Å². The van der Waals surface area contributed by atoms with Gasteiger partial charge in [-0.05, 0) is 62.4 Å². The maximum absolute atomic E-state index is 12.2. The number of allylic oxidation sites excluding steroid dienone is 3. The number of Topliss-reactive ketones (excluding diaryl/α,β-unsaturated/α-hetero) is 1. The Balaban J connectivity index is 1.76. The van der Waals surface area contributed by atoms with Crippen molar-refractivity contribution in [2.24, 2.45) is 28.6 Å². The lowest BCUT2D eigenvalue weighted by molar-refractivity contribution is -0.151. The number of ketones is 1. The topological polar surface area (TPSA) is 43.4 Å². The quantitative estimate of drug-likeness (QED) is 0.529. The molecule has 0 spiro atoms. The van der Waals surface area contributed by atoms with Gasteiger partial charge < -0.3 is 4.74 Å². The van der Waals surface area contributed by atoms with Gasteiger partial charge in [-0.2, -0.15) is 0 Å². The zero-order chi connectivity index (χ0) is 18.7. The minimum Gasteiger partial charge on any atom is -0.461 e. The van der Waals surface area contributed by atoms with Crippen LogP contribution >= 0.6 is 0 Å². The summed E-state index contributed by atoms with van der Waals surface area (Å²) in [5.74, 6) is 1.36. The molecule has 1 unspecified atom stereocenters. The molecule has 0 aromatic rings. The van der Waals surface area contributed by atoms with Gasteiger partial charge in [0.1, 0.15) is 11.9 Å². The molecule has 0 N–H and O–H groups in total. The van der Waals surface area contributed by atoms with Crippen LogP contribution in [0, 0.1) is 28.6 Å². The molecule has 4 rings (SSSR count). The first-order chi connectivity index (χ1) is 12.3. The maximum Gasteiger partial charge on any atom is 0.302 e. The first-order valence-electron chi connectivity index (χ1n) is 10.0. The number of carbonyl (C=O) groups is 2. The lowest BCUT2D eigenvalue weighted by atomic mass is 9.52. The second-order valence-electron chi connectivity index (χ2n) is 9.16. The Labute approximate surface area is 156 Å². The van der Waals surface area contributed by atoms with Crippen LogP contribution in [-0.4, -0.2) is 17.9 Å². The summed E-state index contributed by atoms with van der Waals surface area (Å²) in [4.78, 5) is 23.9. The Hall–Kier alpha value is -1.64. The van der Waals surface area contributed by atoms with E-state index in [1.807, 2.05) is 0 Å². The molecular weight excluding hydrogens is 324 g/mol. The molecule has 1 fully saturated rings. The standard InChI is InChI=1S/C23H30O3/c1-14(24)18-10-11-19-17-9-8-16-6-5-7-21(26-15(2)25)23(16,4)20(17)12-13-22(18,19)3/h5-6,8,12,17-19,21H,7,9-11,13H2,1-4H3/t17-,18+,19-,21?,22+,23-/m0/s1. The molecule has 0 radical (unpaired) electrons. The number of esters is 1. The molecule has 6 atom stereocenters. The highest BCUT2D eigenvalue weighted by Gasteiger charge is 2.57. The smallest absolute Gasteiger partial charge is 0.302 e. The predicted octanol–water partition coefficient (Wildman–Crippen LogP) is 4.78. The third kappa shape index (κ3) is 2.32. The molecular formula is C23H30O3. The Kier molecular flexibility index (Phi) is 4.05. The summed E-state index contributed by atoms with van der Waals surface area (Å²) < 4.78 is 5.78. The predicted molar refractivity (Wildman–Crippen MR) is 101 cm³/mol. The first-order valence-corrected chi connectivity index (χ1v) is 10.0. The summed E-state index contributed by atoms with van der Waals surface area (Å²) >= 11 is 0. The fourth-order valence-electron chi connectivity index (χ4n) is 6.64. The van der Waals surface area contributed by atoms with Crippen LogP contribution in [0.1, 0.15) is 59.8 Å². The molecule has 1 saturated carbocycles. The van der Waals surface area contributed by atoms with Crippen molar-refractivity contribution in [2.45, 2.75) is 65.9 Å². The average molecular weight is 354 g/mol. The molecule has 4 aliphatic rings. The molecule has 0 aromatic heterocycles. The molecule has 4 aliphatic carbocycles. The van der Waals surface area contributed by atoms with Gasteiger partial charge in [0.05, 0.1) is 5.41 Å². The summed E-state index contributed by atoms with van der Waals surface area (Å²) in [5, 5.41) is 0. The molecule has 0 amide bonds. The third-order valence-electron chi connectivity index (χ3n) is 7.94. The fraction of sp³-hybridized carbons (Fsp3) is 0.652. The van der Waals surface area contributed by atoms with E-state index in [1.165, 1.54) is 18.1 Å². The van der Waals surface area contributed by atoms with Crippen LogP contribution < -0.4 is 0 Å². The van der Waals surface area contributed by atoms with Crippen LogP contribution in [0.15, 0.2) is 35.5 Å². The van der Waals surface area contributed by atoms with Crippen molar-refractivity contribution in [3.05, 3.63) is 35.5 Å². The highest BCUT2D eigenvalue weighted by molar-refractivity contribution is 5.79. The highest BCUT2D eigenvalue weighted by Crippen LogP contribution is 2.63. The fourth-order valence-corrected chi connectivity index (χ4v) is 6.64. The number of ether oxygens (including phenoxy) is 1. The molecule has 0 bridgehead atoms. The minimum atomic E-state index is -0.223. The van der Waals surface area contributed by atoms with Gasteiger partial charge in [-0.1, -0.05) is 36.8 Å². The van der Waals surface area contributed by atoms with Crippen molar-refractivity contribution in [3.8, 4) is 0 Å². The summed E-state index contributed by atoms with van der Waals surface area (Å²) in [6, 6.07) is 0. The van der Waals surface area contributed by atoms with Crippen LogP contribution in [0.25, 0.3) is 0 Å². The van der Waals surface area contributed by atoms with E-state index in [9.17, 15) is 9.59 Å². The van der Waals surface area contributed by atoms with Gasteiger partial charge in [0.15, 0.2) is 0 Å². The van der Waals surface area contributed by atoms with E-state index in [4.69, 9.17) is 4.74 Å². The average Bonchev–Trinajstić information content (AvgIpc) is 2.92. The van der Waals surface area contributed by atoms with E-state index in [0.29, 0.717) is 17.6 Å². The second kappa shape index (κ2) is 5.94. The van der Waals surface area contributed by atoms with Gasteiger partial charge in [0.2, 0.25) is 0 Å². The van der Waals surface area contributed by atoms with Crippen molar-refractivity contribution in [3.63, 3.8) is 0 Å². The summed E-state index contributed by atoms with van der Waals surface area (Å²) in [6.07, 6.45) is 13.9. The molecule has 26 heavy (non-hydrogen) atoms. The zero-order valence-corrected chi connectivity index (χ0v) is 16.4.